The third kappa shape index (κ3) is 2.68. The number of aliphatic hydroxyl groups excluding tert-OH is 1. The Hall–Kier alpha value is -1.29. The van der Waals surface area contributed by atoms with Gasteiger partial charge in [0.2, 0.25) is 0 Å². The Bertz CT molecular complexity index is 493. The first-order valence-electron chi connectivity index (χ1n) is 6.53. The maximum Gasteiger partial charge on any atom is 0.142 e. The summed E-state index contributed by atoms with van der Waals surface area (Å²) < 4.78 is 26.5. The molecule has 104 valence electrons. The summed E-state index contributed by atoms with van der Waals surface area (Å²) in [5, 5.41) is 10.3. The number of carbonyl (C=O) groups excluding carboxylic acids is 1. The summed E-state index contributed by atoms with van der Waals surface area (Å²) in [4.78, 5) is 12.2. The fourth-order valence-electron chi connectivity index (χ4n) is 2.43. The van der Waals surface area contributed by atoms with E-state index >= 15 is 0 Å². The summed E-state index contributed by atoms with van der Waals surface area (Å²) in [6.07, 6.45) is 0.326. The normalized spacial score (nSPS) is 18.4. The summed E-state index contributed by atoms with van der Waals surface area (Å²) in [6, 6.07) is 3.06. The number of halogens is 2. The van der Waals surface area contributed by atoms with E-state index in [2.05, 4.69) is 0 Å². The molecule has 0 saturated heterocycles. The Morgan fingerprint density at radius 1 is 1.37 bits per heavy atom. The molecule has 0 spiro atoms. The van der Waals surface area contributed by atoms with Gasteiger partial charge in [0, 0.05) is 18.1 Å². The van der Waals surface area contributed by atoms with Crippen molar-refractivity contribution in [3.63, 3.8) is 0 Å². The Balaban J connectivity index is 2.23. The number of ketones is 1. The first-order chi connectivity index (χ1) is 8.86. The molecule has 1 atom stereocenters. The van der Waals surface area contributed by atoms with Crippen LogP contribution in [0.1, 0.15) is 44.8 Å². The number of benzene rings is 1. The van der Waals surface area contributed by atoms with Crippen molar-refractivity contribution in [3.8, 4) is 0 Å². The van der Waals surface area contributed by atoms with Crippen LogP contribution in [-0.2, 0) is 4.79 Å². The Morgan fingerprint density at radius 2 is 2.00 bits per heavy atom. The molecule has 0 aromatic heterocycles. The molecule has 1 unspecified atom stereocenters. The third-order valence-electron chi connectivity index (χ3n) is 3.72. The van der Waals surface area contributed by atoms with Gasteiger partial charge in [0.05, 0.1) is 11.5 Å². The lowest BCUT2D eigenvalue weighted by molar-refractivity contribution is -0.129. The van der Waals surface area contributed by atoms with E-state index in [1.165, 1.54) is 6.07 Å². The van der Waals surface area contributed by atoms with Crippen molar-refractivity contribution >= 4 is 5.78 Å². The highest BCUT2D eigenvalue weighted by Gasteiger charge is 2.55. The van der Waals surface area contributed by atoms with E-state index in [0.29, 0.717) is 19.3 Å². The van der Waals surface area contributed by atoms with Gasteiger partial charge in [0.15, 0.2) is 0 Å². The van der Waals surface area contributed by atoms with E-state index in [4.69, 9.17) is 0 Å². The molecule has 1 aliphatic rings. The molecule has 1 N–H and O–H groups in total. The van der Waals surface area contributed by atoms with Gasteiger partial charge in [-0.05, 0) is 24.8 Å². The second kappa shape index (κ2) is 5.00. The molecule has 19 heavy (non-hydrogen) atoms. The minimum absolute atomic E-state index is 0.0102. The van der Waals surface area contributed by atoms with Crippen molar-refractivity contribution in [1.29, 1.82) is 0 Å². The highest BCUT2D eigenvalue weighted by Crippen LogP contribution is 2.56. The fraction of sp³-hybridized carbons (Fsp3) is 0.533. The zero-order chi connectivity index (χ0) is 14.2. The monoisotopic (exact) mass is 268 g/mol. The summed E-state index contributed by atoms with van der Waals surface area (Å²) in [7, 11) is 0. The predicted molar refractivity (Wildman–Crippen MR) is 67.4 cm³/mol. The molecule has 1 aromatic carbocycles. The molecule has 4 heteroatoms. The number of hydrogen-bond donors (Lipinski definition) is 1. The largest absolute Gasteiger partial charge is 0.387 e. The zero-order valence-corrected chi connectivity index (χ0v) is 11.1. The summed E-state index contributed by atoms with van der Waals surface area (Å²) in [5.41, 5.74) is -0.848. The van der Waals surface area contributed by atoms with E-state index < -0.39 is 23.2 Å². The molecule has 1 fully saturated rings. The van der Waals surface area contributed by atoms with E-state index in [1.54, 1.807) is 0 Å². The standard InChI is InChI=1S/C15H18F2O2/c1-9(2)7-13(18)15(5-6-15)14(19)11-4-3-10(16)8-12(11)17/h3-4,8-9,14,19H,5-7H2,1-2H3. The van der Waals surface area contributed by atoms with Gasteiger partial charge in [0.1, 0.15) is 17.4 Å². The van der Waals surface area contributed by atoms with Crippen molar-refractivity contribution in [2.75, 3.05) is 0 Å². The average Bonchev–Trinajstić information content (AvgIpc) is 3.08. The SMILES string of the molecule is CC(C)CC(=O)C1(C(O)c2ccc(F)cc2F)CC1. The Morgan fingerprint density at radius 3 is 2.47 bits per heavy atom. The molecule has 2 rings (SSSR count). The summed E-state index contributed by atoms with van der Waals surface area (Å²) in [5.74, 6) is -1.31. The van der Waals surface area contributed by atoms with Crippen molar-refractivity contribution in [2.24, 2.45) is 11.3 Å². The minimum atomic E-state index is -1.18. The molecule has 0 amide bonds. The second-order valence-electron chi connectivity index (χ2n) is 5.75. The van der Waals surface area contributed by atoms with Crippen LogP contribution in [0, 0.1) is 23.0 Å². The van der Waals surface area contributed by atoms with Crippen LogP contribution in [0.3, 0.4) is 0 Å². The maximum absolute atomic E-state index is 13.7. The molecule has 0 bridgehead atoms. The van der Waals surface area contributed by atoms with Gasteiger partial charge in [-0.2, -0.15) is 0 Å². The van der Waals surface area contributed by atoms with Crippen LogP contribution >= 0.6 is 0 Å². The van der Waals surface area contributed by atoms with E-state index in [9.17, 15) is 18.7 Å². The van der Waals surface area contributed by atoms with Crippen LogP contribution in [0.2, 0.25) is 0 Å². The molecule has 1 saturated carbocycles. The first-order valence-corrected chi connectivity index (χ1v) is 6.53. The molecule has 2 nitrogen and oxygen atoms in total. The van der Waals surface area contributed by atoms with Crippen molar-refractivity contribution in [3.05, 3.63) is 35.4 Å². The van der Waals surface area contributed by atoms with Gasteiger partial charge in [0.25, 0.3) is 0 Å². The van der Waals surface area contributed by atoms with Gasteiger partial charge >= 0.3 is 0 Å². The van der Waals surface area contributed by atoms with Crippen LogP contribution in [0.4, 0.5) is 8.78 Å². The summed E-state index contributed by atoms with van der Waals surface area (Å²) >= 11 is 0. The third-order valence-corrected chi connectivity index (χ3v) is 3.72. The number of hydrogen-bond acceptors (Lipinski definition) is 2. The van der Waals surface area contributed by atoms with Crippen molar-refractivity contribution in [1.82, 2.24) is 0 Å². The lowest BCUT2D eigenvalue weighted by Crippen LogP contribution is -2.26. The molecular weight excluding hydrogens is 250 g/mol. The quantitative estimate of drug-likeness (QED) is 0.888. The molecular formula is C15H18F2O2. The lowest BCUT2D eigenvalue weighted by Gasteiger charge is -2.22. The topological polar surface area (TPSA) is 37.3 Å². The Labute approximate surface area is 111 Å². The molecule has 0 radical (unpaired) electrons. The predicted octanol–water partition coefficient (Wildman–Crippen LogP) is 3.39. The van der Waals surface area contributed by atoms with Crippen LogP contribution in [0.5, 0.6) is 0 Å². The van der Waals surface area contributed by atoms with Crippen LogP contribution in [-0.4, -0.2) is 10.9 Å². The van der Waals surface area contributed by atoms with Gasteiger partial charge in [-0.1, -0.05) is 19.9 Å². The van der Waals surface area contributed by atoms with E-state index in [-0.39, 0.29) is 17.3 Å². The highest BCUT2D eigenvalue weighted by atomic mass is 19.1. The maximum atomic E-state index is 13.7. The zero-order valence-electron chi connectivity index (χ0n) is 11.1. The van der Waals surface area contributed by atoms with Gasteiger partial charge in [-0.3, -0.25) is 4.79 Å². The van der Waals surface area contributed by atoms with Crippen LogP contribution in [0.25, 0.3) is 0 Å². The Kier molecular flexibility index (Phi) is 3.72. The first kappa shape index (κ1) is 14.1. The molecule has 0 aliphatic heterocycles. The highest BCUT2D eigenvalue weighted by molar-refractivity contribution is 5.88. The average molecular weight is 268 g/mol. The minimum Gasteiger partial charge on any atom is -0.387 e. The van der Waals surface area contributed by atoms with Gasteiger partial charge in [-0.25, -0.2) is 8.78 Å². The summed E-state index contributed by atoms with van der Waals surface area (Å²) in [6.45, 7) is 3.86. The fourth-order valence-corrected chi connectivity index (χ4v) is 2.43. The lowest BCUT2D eigenvalue weighted by atomic mass is 9.85. The number of Topliss-reactive ketones (excluding diaryl/α,β-unsaturated/α-hetero) is 1. The van der Waals surface area contributed by atoms with Crippen molar-refractivity contribution < 1.29 is 18.7 Å². The smallest absolute Gasteiger partial charge is 0.142 e. The number of aliphatic hydroxyl groups is 1. The number of rotatable bonds is 5. The number of carbonyl (C=O) groups is 1. The molecule has 0 heterocycles. The van der Waals surface area contributed by atoms with E-state index in [1.807, 2.05) is 13.8 Å². The van der Waals surface area contributed by atoms with Crippen molar-refractivity contribution in [2.45, 2.75) is 39.2 Å². The van der Waals surface area contributed by atoms with E-state index in [0.717, 1.165) is 12.1 Å². The van der Waals surface area contributed by atoms with Gasteiger partial charge in [-0.15, -0.1) is 0 Å². The van der Waals surface area contributed by atoms with Crippen LogP contribution < -0.4 is 0 Å². The molecule has 1 aliphatic carbocycles. The molecule has 1 aromatic rings. The van der Waals surface area contributed by atoms with Gasteiger partial charge < -0.3 is 5.11 Å². The second-order valence-corrected chi connectivity index (χ2v) is 5.75. The van der Waals surface area contributed by atoms with Crippen LogP contribution in [0.15, 0.2) is 18.2 Å².